The molecule has 7 rings (SSSR count). The Labute approximate surface area is 292 Å². The zero-order valence-corrected chi connectivity index (χ0v) is 27.8. The van der Waals surface area contributed by atoms with Crippen LogP contribution in [0.25, 0.3) is 5.57 Å². The third-order valence-electron chi connectivity index (χ3n) is 10.8. The number of halogens is 6. The minimum atomic E-state index is -5.05. The molecule has 3 unspecified atom stereocenters. The van der Waals surface area contributed by atoms with Crippen molar-refractivity contribution in [3.05, 3.63) is 124 Å². The van der Waals surface area contributed by atoms with Crippen LogP contribution < -0.4 is 5.32 Å². The molecule has 12 heteroatoms. The van der Waals surface area contributed by atoms with Gasteiger partial charge in [-0.05, 0) is 73.4 Å². The molecule has 4 aliphatic rings. The number of aldehydes is 1. The van der Waals surface area contributed by atoms with Gasteiger partial charge in [0.15, 0.2) is 6.29 Å². The highest BCUT2D eigenvalue weighted by Crippen LogP contribution is 2.40. The smallest absolute Gasteiger partial charge is 0.366 e. The van der Waals surface area contributed by atoms with E-state index in [0.29, 0.717) is 37.1 Å². The first-order valence-corrected chi connectivity index (χ1v) is 17.3. The van der Waals surface area contributed by atoms with Crippen molar-refractivity contribution in [2.75, 3.05) is 26.2 Å². The number of alkyl halides is 6. The predicted octanol–water partition coefficient (Wildman–Crippen LogP) is 7.32. The van der Waals surface area contributed by atoms with Crippen LogP contribution in [-0.4, -0.2) is 71.3 Å². The maximum absolute atomic E-state index is 13.9. The summed E-state index contributed by atoms with van der Waals surface area (Å²) in [6.07, 6.45) is -3.63. The summed E-state index contributed by atoms with van der Waals surface area (Å²) in [6, 6.07) is 18.5. The van der Waals surface area contributed by atoms with Crippen molar-refractivity contribution in [2.45, 2.75) is 69.1 Å². The molecule has 0 spiro atoms. The summed E-state index contributed by atoms with van der Waals surface area (Å²) in [5, 5.41) is 3.44. The lowest BCUT2D eigenvalue weighted by Crippen LogP contribution is -2.53. The third kappa shape index (κ3) is 7.15. The van der Waals surface area contributed by atoms with E-state index in [2.05, 4.69) is 27.2 Å². The molecule has 0 bridgehead atoms. The molecule has 0 saturated carbocycles. The van der Waals surface area contributed by atoms with Gasteiger partial charge in [-0.3, -0.25) is 14.5 Å². The Hall–Kier alpha value is -4.58. The minimum absolute atomic E-state index is 0.0516. The molecule has 6 nitrogen and oxygen atoms in total. The zero-order chi connectivity index (χ0) is 35.9. The van der Waals surface area contributed by atoms with Crippen molar-refractivity contribution >= 4 is 17.8 Å². The van der Waals surface area contributed by atoms with Gasteiger partial charge in [-0.2, -0.15) is 26.3 Å². The van der Waals surface area contributed by atoms with Crippen LogP contribution in [0.2, 0.25) is 0 Å². The summed E-state index contributed by atoms with van der Waals surface area (Å²) in [7, 11) is 0. The second-order valence-corrected chi connectivity index (χ2v) is 13.7. The van der Waals surface area contributed by atoms with Crippen LogP contribution >= 0.6 is 0 Å². The fourth-order valence-electron chi connectivity index (χ4n) is 8.24. The standard InChI is InChI=1S/C39H38F6N4O2/c40-38(41,42)29-19-28(20-30(21-29)39(43,44)45)37(51)49-17-13-31(22-32(49)18-25-6-2-1-3-7-25)47-14-10-27(11-15-47)35-34-9-5-4-8-26(34)12-16-48-33(24-50)23-46-36(35)48/h1-9,19-21,23-24,31-32,36,46H,10-18,22H2. The SMILES string of the molecule is O=CC1=CNC2C(=C3CCN(C4CCN(C(=O)c5cc(C(F)(F)F)cc(C(F)(F)F)c5)C(Cc5ccccc5)C4)CC3)c3ccccc3CCN12. The van der Waals surface area contributed by atoms with E-state index in [1.165, 1.54) is 27.2 Å². The van der Waals surface area contributed by atoms with Gasteiger partial charge in [0.1, 0.15) is 6.17 Å². The maximum atomic E-state index is 13.9. The van der Waals surface area contributed by atoms with Gasteiger partial charge in [-0.1, -0.05) is 60.2 Å². The Morgan fingerprint density at radius 1 is 0.824 bits per heavy atom. The Bertz CT molecular complexity index is 1810. The lowest BCUT2D eigenvalue weighted by atomic mass is 9.86. The number of benzene rings is 3. The largest absolute Gasteiger partial charge is 0.416 e. The number of amides is 1. The van der Waals surface area contributed by atoms with Crippen molar-refractivity contribution in [3.8, 4) is 0 Å². The monoisotopic (exact) mass is 708 g/mol. The average Bonchev–Trinajstić information content (AvgIpc) is 3.45. The number of allylic oxidation sites excluding steroid dienone is 1. The number of hydrogen-bond donors (Lipinski definition) is 1. The van der Waals surface area contributed by atoms with E-state index in [1.807, 2.05) is 42.5 Å². The van der Waals surface area contributed by atoms with Crippen LogP contribution in [-0.2, 0) is 30.0 Å². The number of fused-ring (bicyclic) bond motifs is 2. The van der Waals surface area contributed by atoms with Crippen molar-refractivity contribution in [1.29, 1.82) is 0 Å². The molecule has 0 aliphatic carbocycles. The molecule has 3 aromatic rings. The number of piperidine rings is 2. The van der Waals surface area contributed by atoms with Crippen LogP contribution in [0, 0.1) is 0 Å². The predicted molar refractivity (Wildman–Crippen MR) is 180 cm³/mol. The van der Waals surface area contributed by atoms with Gasteiger partial charge in [-0.15, -0.1) is 0 Å². The molecule has 1 N–H and O–H groups in total. The number of carbonyl (C=O) groups is 2. The zero-order valence-electron chi connectivity index (χ0n) is 27.8. The molecule has 268 valence electrons. The Balaban J connectivity index is 1.13. The topological polar surface area (TPSA) is 55.9 Å². The number of rotatable bonds is 5. The molecule has 3 aromatic carbocycles. The van der Waals surface area contributed by atoms with Crippen LogP contribution in [0.3, 0.4) is 0 Å². The fraction of sp³-hybridized carbons (Fsp3) is 0.385. The normalized spacial score (nSPS) is 22.9. The van der Waals surface area contributed by atoms with Gasteiger partial charge >= 0.3 is 12.4 Å². The Kier molecular flexibility index (Phi) is 9.47. The molecule has 4 aliphatic heterocycles. The molecule has 2 fully saturated rings. The van der Waals surface area contributed by atoms with Gasteiger partial charge in [-0.25, -0.2) is 0 Å². The summed E-state index contributed by atoms with van der Waals surface area (Å²) in [6.45, 7) is 2.46. The van der Waals surface area contributed by atoms with Crippen molar-refractivity contribution < 1.29 is 35.9 Å². The van der Waals surface area contributed by atoms with E-state index in [0.717, 1.165) is 50.7 Å². The van der Waals surface area contributed by atoms with E-state index in [9.17, 15) is 35.9 Å². The quantitative estimate of drug-likeness (QED) is 0.223. The van der Waals surface area contributed by atoms with Gasteiger partial charge in [0.05, 0.1) is 16.8 Å². The highest BCUT2D eigenvalue weighted by molar-refractivity contribution is 5.95. The van der Waals surface area contributed by atoms with Gasteiger partial charge < -0.3 is 15.1 Å². The first-order valence-electron chi connectivity index (χ1n) is 17.3. The number of nitrogens with zero attached hydrogens (tertiary/aromatic N) is 3. The van der Waals surface area contributed by atoms with E-state index >= 15 is 0 Å². The van der Waals surface area contributed by atoms with Gasteiger partial charge in [0, 0.05) is 55.6 Å². The van der Waals surface area contributed by atoms with Crippen LogP contribution in [0.15, 0.2) is 90.3 Å². The molecule has 0 radical (unpaired) electrons. The van der Waals surface area contributed by atoms with Crippen molar-refractivity contribution in [1.82, 2.24) is 20.0 Å². The maximum Gasteiger partial charge on any atom is 0.416 e. The number of carbonyl (C=O) groups excluding carboxylic acids is 2. The molecular weight excluding hydrogens is 670 g/mol. The van der Waals surface area contributed by atoms with Crippen LogP contribution in [0.1, 0.15) is 63.9 Å². The average molecular weight is 709 g/mol. The lowest BCUT2D eigenvalue weighted by Gasteiger charge is -2.45. The van der Waals surface area contributed by atoms with E-state index in [-0.39, 0.29) is 24.8 Å². The Morgan fingerprint density at radius 3 is 2.16 bits per heavy atom. The summed E-state index contributed by atoms with van der Waals surface area (Å²) in [5.41, 5.74) is 2.90. The van der Waals surface area contributed by atoms with E-state index in [4.69, 9.17) is 0 Å². The number of nitrogens with one attached hydrogen (secondary N) is 1. The van der Waals surface area contributed by atoms with E-state index in [1.54, 1.807) is 6.20 Å². The lowest BCUT2D eigenvalue weighted by molar-refractivity contribution is -0.143. The highest BCUT2D eigenvalue weighted by atomic mass is 19.4. The molecule has 4 heterocycles. The first-order chi connectivity index (χ1) is 24.4. The molecule has 0 aromatic heterocycles. The summed E-state index contributed by atoms with van der Waals surface area (Å²) < 4.78 is 82.1. The van der Waals surface area contributed by atoms with Gasteiger partial charge in [0.2, 0.25) is 0 Å². The van der Waals surface area contributed by atoms with E-state index < -0.39 is 41.0 Å². The van der Waals surface area contributed by atoms with Crippen molar-refractivity contribution in [2.24, 2.45) is 0 Å². The summed E-state index contributed by atoms with van der Waals surface area (Å²) >= 11 is 0. The second-order valence-electron chi connectivity index (χ2n) is 13.7. The molecule has 1 amide bonds. The van der Waals surface area contributed by atoms with Crippen LogP contribution in [0.5, 0.6) is 0 Å². The van der Waals surface area contributed by atoms with Crippen molar-refractivity contribution in [3.63, 3.8) is 0 Å². The molecular formula is C39H38F6N4O2. The number of hydrogen-bond acceptors (Lipinski definition) is 5. The summed E-state index contributed by atoms with van der Waals surface area (Å²) in [4.78, 5) is 31.7. The highest BCUT2D eigenvalue weighted by Gasteiger charge is 2.41. The van der Waals surface area contributed by atoms with Gasteiger partial charge in [0.25, 0.3) is 5.91 Å². The molecule has 2 saturated heterocycles. The minimum Gasteiger partial charge on any atom is -0.366 e. The molecule has 3 atom stereocenters. The fourth-order valence-corrected chi connectivity index (χ4v) is 8.24. The summed E-state index contributed by atoms with van der Waals surface area (Å²) in [5.74, 6) is -0.833. The molecule has 51 heavy (non-hydrogen) atoms. The van der Waals surface area contributed by atoms with Crippen LogP contribution in [0.4, 0.5) is 26.3 Å². The number of likely N-dealkylation sites (tertiary alicyclic amines) is 2. The second kappa shape index (κ2) is 13.9. The Morgan fingerprint density at radius 2 is 1.49 bits per heavy atom. The third-order valence-corrected chi connectivity index (χ3v) is 10.8. The first kappa shape index (κ1) is 34.9.